The number of nitro benzene ring substituents is 1. The highest BCUT2D eigenvalue weighted by atomic mass is 16.6. The molecule has 0 spiro atoms. The summed E-state index contributed by atoms with van der Waals surface area (Å²) in [6.07, 6.45) is 1.37. The second-order valence-electron chi connectivity index (χ2n) is 6.13. The Hall–Kier alpha value is -3.54. The number of rotatable bonds is 6. The van der Waals surface area contributed by atoms with E-state index < -0.39 is 16.4 Å². The van der Waals surface area contributed by atoms with Crippen LogP contribution in [0.15, 0.2) is 23.3 Å². The fraction of sp³-hybridized carbons (Fsp3) is 0.375. The van der Waals surface area contributed by atoms with Gasteiger partial charge in [-0.3, -0.25) is 10.1 Å². The average molecular weight is 388 g/mol. The summed E-state index contributed by atoms with van der Waals surface area (Å²) in [7, 11) is 3.64. The number of hydrogen-bond donors (Lipinski definition) is 2. The smallest absolute Gasteiger partial charge is 0.311 e. The molecule has 0 radical (unpaired) electrons. The predicted octanol–water partition coefficient (Wildman–Crippen LogP) is 0.834. The van der Waals surface area contributed by atoms with Crippen molar-refractivity contribution in [2.45, 2.75) is 0 Å². The Morgan fingerprint density at radius 2 is 2.07 bits per heavy atom. The lowest BCUT2D eigenvalue weighted by molar-refractivity contribution is -0.385. The Labute approximate surface area is 160 Å². The van der Waals surface area contributed by atoms with Crippen molar-refractivity contribution in [2.24, 2.45) is 5.10 Å². The largest absolute Gasteiger partial charge is 0.502 e. The molecule has 0 saturated carbocycles. The van der Waals surface area contributed by atoms with Gasteiger partial charge < -0.3 is 19.6 Å². The summed E-state index contributed by atoms with van der Waals surface area (Å²) < 4.78 is 5.35. The standard InChI is InChI=1S/C16H20N8O4/c1-22(2)15-18-14(19-16(20-15)23-5-7-28-8-6-23)21-17-10-11-3-4-13(25)12(9-11)24(26)27/h3-4,9-10,25H,5-8H2,1-2H3,(H,18,19,20,21)/b17-10-. The van der Waals surface area contributed by atoms with Gasteiger partial charge in [0, 0.05) is 38.8 Å². The van der Waals surface area contributed by atoms with E-state index in [4.69, 9.17) is 4.74 Å². The maximum Gasteiger partial charge on any atom is 0.311 e. The molecule has 1 saturated heterocycles. The zero-order chi connectivity index (χ0) is 20.1. The Balaban J connectivity index is 1.79. The van der Waals surface area contributed by atoms with E-state index in [9.17, 15) is 15.2 Å². The summed E-state index contributed by atoms with van der Waals surface area (Å²) in [5, 5.41) is 24.4. The number of aromatic nitrogens is 3. The molecule has 0 bridgehead atoms. The lowest BCUT2D eigenvalue weighted by atomic mass is 10.2. The lowest BCUT2D eigenvalue weighted by Crippen LogP contribution is -2.37. The van der Waals surface area contributed by atoms with Crippen LogP contribution in [-0.4, -0.2) is 71.6 Å². The van der Waals surface area contributed by atoms with Gasteiger partial charge in [0.25, 0.3) is 0 Å². The topological polar surface area (TPSA) is 142 Å². The molecule has 28 heavy (non-hydrogen) atoms. The Morgan fingerprint density at radius 3 is 2.75 bits per heavy atom. The van der Waals surface area contributed by atoms with Crippen molar-refractivity contribution in [3.63, 3.8) is 0 Å². The molecule has 1 aliphatic heterocycles. The second-order valence-corrected chi connectivity index (χ2v) is 6.13. The third-order valence-electron chi connectivity index (χ3n) is 3.88. The van der Waals surface area contributed by atoms with Crippen LogP contribution >= 0.6 is 0 Å². The first-order valence-electron chi connectivity index (χ1n) is 8.46. The maximum atomic E-state index is 10.9. The molecule has 3 rings (SSSR count). The van der Waals surface area contributed by atoms with Crippen molar-refractivity contribution < 1.29 is 14.8 Å². The van der Waals surface area contributed by atoms with E-state index in [1.165, 1.54) is 24.4 Å². The molecule has 0 unspecified atom stereocenters. The molecule has 2 heterocycles. The van der Waals surface area contributed by atoms with Crippen LogP contribution < -0.4 is 15.2 Å². The number of hydrazone groups is 1. The predicted molar refractivity (Wildman–Crippen MR) is 103 cm³/mol. The van der Waals surface area contributed by atoms with E-state index >= 15 is 0 Å². The van der Waals surface area contributed by atoms with Gasteiger partial charge in [-0.05, 0) is 12.1 Å². The van der Waals surface area contributed by atoms with Crippen molar-refractivity contribution in [3.05, 3.63) is 33.9 Å². The average Bonchev–Trinajstić information content (AvgIpc) is 2.69. The number of anilines is 3. The molecule has 12 heteroatoms. The normalized spacial score (nSPS) is 14.3. The molecule has 12 nitrogen and oxygen atoms in total. The highest BCUT2D eigenvalue weighted by molar-refractivity contribution is 5.81. The first kappa shape index (κ1) is 19.2. The number of nitrogens with one attached hydrogen (secondary N) is 1. The number of phenolic OH excluding ortho intramolecular Hbond substituents is 1. The molecule has 2 N–H and O–H groups in total. The number of nitro groups is 1. The van der Waals surface area contributed by atoms with E-state index in [-0.39, 0.29) is 5.95 Å². The lowest BCUT2D eigenvalue weighted by Gasteiger charge is -2.27. The van der Waals surface area contributed by atoms with Gasteiger partial charge in [0.1, 0.15) is 0 Å². The van der Waals surface area contributed by atoms with Crippen LogP contribution in [0.1, 0.15) is 5.56 Å². The van der Waals surface area contributed by atoms with Gasteiger partial charge in [0.2, 0.25) is 17.8 Å². The minimum Gasteiger partial charge on any atom is -0.502 e. The van der Waals surface area contributed by atoms with Gasteiger partial charge >= 0.3 is 5.69 Å². The van der Waals surface area contributed by atoms with Gasteiger partial charge in [0.05, 0.1) is 24.4 Å². The first-order chi connectivity index (χ1) is 13.4. The summed E-state index contributed by atoms with van der Waals surface area (Å²) in [5.74, 6) is 0.817. The van der Waals surface area contributed by atoms with Crippen LogP contribution in [0.3, 0.4) is 0 Å². The van der Waals surface area contributed by atoms with Crippen molar-refractivity contribution in [1.82, 2.24) is 15.0 Å². The van der Waals surface area contributed by atoms with Crippen molar-refractivity contribution in [2.75, 3.05) is 55.6 Å². The van der Waals surface area contributed by atoms with Crippen molar-refractivity contribution in [3.8, 4) is 5.75 Å². The zero-order valence-electron chi connectivity index (χ0n) is 15.4. The van der Waals surface area contributed by atoms with E-state index in [0.717, 1.165) is 0 Å². The summed E-state index contributed by atoms with van der Waals surface area (Å²) in [6.45, 7) is 2.56. The summed E-state index contributed by atoms with van der Waals surface area (Å²) in [4.78, 5) is 27.1. The van der Waals surface area contributed by atoms with Crippen LogP contribution in [0.2, 0.25) is 0 Å². The highest BCUT2D eigenvalue weighted by Crippen LogP contribution is 2.25. The molecular weight excluding hydrogens is 368 g/mol. The first-order valence-corrected chi connectivity index (χ1v) is 8.46. The minimum absolute atomic E-state index is 0.240. The number of ether oxygens (including phenoxy) is 1. The molecule has 2 aromatic rings. The fourth-order valence-corrected chi connectivity index (χ4v) is 2.44. The monoisotopic (exact) mass is 388 g/mol. The molecule has 0 amide bonds. The SMILES string of the molecule is CN(C)c1nc(N/N=C\c2ccc(O)c([N+](=O)[O-])c2)nc(N2CCOCC2)n1. The number of benzene rings is 1. The molecule has 0 atom stereocenters. The van der Waals surface area contributed by atoms with Gasteiger partial charge in [-0.25, -0.2) is 5.43 Å². The molecule has 0 aliphatic carbocycles. The van der Waals surface area contributed by atoms with Gasteiger partial charge in [-0.2, -0.15) is 20.1 Å². The molecule has 1 fully saturated rings. The number of morpholine rings is 1. The van der Waals surface area contributed by atoms with Gasteiger partial charge in [-0.15, -0.1) is 0 Å². The van der Waals surface area contributed by atoms with E-state index in [1.807, 2.05) is 19.0 Å². The summed E-state index contributed by atoms with van der Waals surface area (Å²) in [6, 6.07) is 3.97. The van der Waals surface area contributed by atoms with Crippen LogP contribution in [0, 0.1) is 10.1 Å². The molecular formula is C16H20N8O4. The molecule has 1 aromatic carbocycles. The third-order valence-corrected chi connectivity index (χ3v) is 3.88. The van der Waals surface area contributed by atoms with Crippen LogP contribution in [0.5, 0.6) is 5.75 Å². The number of hydrogen-bond acceptors (Lipinski definition) is 11. The molecule has 148 valence electrons. The minimum atomic E-state index is -0.663. The quantitative estimate of drug-likeness (QED) is 0.415. The van der Waals surface area contributed by atoms with Gasteiger partial charge in [-0.1, -0.05) is 0 Å². The van der Waals surface area contributed by atoms with Crippen molar-refractivity contribution in [1.29, 1.82) is 0 Å². The Kier molecular flexibility index (Phi) is 5.79. The Morgan fingerprint density at radius 1 is 1.32 bits per heavy atom. The van der Waals surface area contributed by atoms with Crippen LogP contribution in [0.4, 0.5) is 23.5 Å². The maximum absolute atomic E-state index is 10.9. The van der Waals surface area contributed by atoms with E-state index in [2.05, 4.69) is 25.5 Å². The number of phenols is 1. The van der Waals surface area contributed by atoms with Gasteiger partial charge in [0.15, 0.2) is 5.75 Å². The van der Waals surface area contributed by atoms with E-state index in [1.54, 1.807) is 4.90 Å². The number of nitrogens with zero attached hydrogens (tertiary/aromatic N) is 7. The highest BCUT2D eigenvalue weighted by Gasteiger charge is 2.17. The van der Waals surface area contributed by atoms with E-state index in [0.29, 0.717) is 43.8 Å². The zero-order valence-corrected chi connectivity index (χ0v) is 15.4. The summed E-state index contributed by atoms with van der Waals surface area (Å²) >= 11 is 0. The summed E-state index contributed by atoms with van der Waals surface area (Å²) in [5.41, 5.74) is 2.76. The number of aromatic hydroxyl groups is 1. The fourth-order valence-electron chi connectivity index (χ4n) is 2.44. The third kappa shape index (κ3) is 4.59. The van der Waals surface area contributed by atoms with Crippen molar-refractivity contribution >= 4 is 29.7 Å². The van der Waals surface area contributed by atoms with Crippen LogP contribution in [0.25, 0.3) is 0 Å². The molecule has 1 aromatic heterocycles. The Bertz CT molecular complexity index is 883. The van der Waals surface area contributed by atoms with Crippen LogP contribution in [-0.2, 0) is 4.74 Å². The second kappa shape index (κ2) is 8.43. The molecule has 1 aliphatic rings.